The average Bonchev–Trinajstić information content (AvgIpc) is 3.12. The lowest BCUT2D eigenvalue weighted by Crippen LogP contribution is -2.53. The minimum atomic E-state index is -0.181. The van der Waals surface area contributed by atoms with Crippen LogP contribution in [0.2, 0.25) is 0 Å². The molecule has 0 bridgehead atoms. The van der Waals surface area contributed by atoms with Crippen LogP contribution >= 0.6 is 0 Å². The molecule has 1 aromatic carbocycles. The second-order valence-electron chi connectivity index (χ2n) is 9.85. The fourth-order valence-electron chi connectivity index (χ4n) is 5.77. The summed E-state index contributed by atoms with van der Waals surface area (Å²) in [5, 5.41) is 5.91. The van der Waals surface area contributed by atoms with Gasteiger partial charge in [-0.15, -0.1) is 0 Å². The van der Waals surface area contributed by atoms with Crippen molar-refractivity contribution >= 4 is 16.7 Å². The van der Waals surface area contributed by atoms with Crippen molar-refractivity contribution in [3.05, 3.63) is 63.8 Å². The molecule has 2 aromatic heterocycles. The molecule has 0 unspecified atom stereocenters. The van der Waals surface area contributed by atoms with Crippen molar-refractivity contribution in [2.75, 3.05) is 26.2 Å². The van der Waals surface area contributed by atoms with Gasteiger partial charge >= 0.3 is 0 Å². The molecule has 0 spiro atoms. The van der Waals surface area contributed by atoms with E-state index in [1.165, 1.54) is 42.3 Å². The molecule has 0 radical (unpaired) electrons. The topological polar surface area (TPSA) is 63.4 Å². The van der Waals surface area contributed by atoms with Crippen LogP contribution in [0.4, 0.5) is 0 Å². The molecule has 0 N–H and O–H groups in total. The van der Waals surface area contributed by atoms with Crippen LogP contribution < -0.4 is 5.56 Å². The molecule has 3 heterocycles. The number of aryl methyl sites for hydroxylation is 2. The van der Waals surface area contributed by atoms with Gasteiger partial charge in [0.1, 0.15) is 6.54 Å². The van der Waals surface area contributed by atoms with Gasteiger partial charge in [0, 0.05) is 55.5 Å². The number of hydrogen-bond donors (Lipinski definition) is 0. The summed E-state index contributed by atoms with van der Waals surface area (Å²) in [6, 6.07) is 10.9. The molecule has 0 atom stereocenters. The van der Waals surface area contributed by atoms with Crippen LogP contribution in [-0.2, 0) is 17.9 Å². The van der Waals surface area contributed by atoms with E-state index in [2.05, 4.69) is 26.7 Å². The maximum atomic E-state index is 13.4. The number of carbonyl (C=O) groups excluding carboxylic acids is 1. The molecule has 2 aliphatic rings. The van der Waals surface area contributed by atoms with Gasteiger partial charge in [0.25, 0.3) is 5.56 Å². The summed E-state index contributed by atoms with van der Waals surface area (Å²) in [7, 11) is 0. The maximum absolute atomic E-state index is 13.4. The molecule has 180 valence electrons. The molecule has 1 saturated carbocycles. The molecule has 34 heavy (non-hydrogen) atoms. The number of rotatable bonds is 5. The highest BCUT2D eigenvalue weighted by atomic mass is 16.2. The van der Waals surface area contributed by atoms with E-state index in [-0.39, 0.29) is 18.0 Å². The molecular formula is C27H35N5O2. The normalized spacial score (nSPS) is 18.0. The highest BCUT2D eigenvalue weighted by Gasteiger charge is 2.27. The predicted molar refractivity (Wildman–Crippen MR) is 134 cm³/mol. The molecule has 7 nitrogen and oxygen atoms in total. The minimum absolute atomic E-state index is 0.000550. The van der Waals surface area contributed by atoms with E-state index in [1.54, 1.807) is 6.20 Å². The number of piperazine rings is 1. The van der Waals surface area contributed by atoms with Crippen molar-refractivity contribution in [2.24, 2.45) is 0 Å². The minimum Gasteiger partial charge on any atom is -0.343 e. The van der Waals surface area contributed by atoms with Gasteiger partial charge in [0.05, 0.1) is 11.6 Å². The highest BCUT2D eigenvalue weighted by molar-refractivity contribution is 5.87. The van der Waals surface area contributed by atoms with Crippen LogP contribution in [0, 0.1) is 13.8 Å². The first kappa shape index (κ1) is 22.8. The van der Waals surface area contributed by atoms with Gasteiger partial charge in [0.2, 0.25) is 5.91 Å². The maximum Gasteiger partial charge on any atom is 0.276 e. The van der Waals surface area contributed by atoms with Crippen molar-refractivity contribution in [1.29, 1.82) is 0 Å². The smallest absolute Gasteiger partial charge is 0.276 e. The third-order valence-electron chi connectivity index (χ3n) is 7.83. The number of fused-ring (bicyclic) bond motifs is 1. The predicted octanol–water partition coefficient (Wildman–Crippen LogP) is 3.34. The molecule has 2 fully saturated rings. The summed E-state index contributed by atoms with van der Waals surface area (Å²) in [4.78, 5) is 30.8. The number of aromatic nitrogens is 3. The fraction of sp³-hybridized carbons (Fsp3) is 0.519. The monoisotopic (exact) mass is 461 g/mol. The lowest BCUT2D eigenvalue weighted by atomic mass is 9.94. The third-order valence-corrected chi connectivity index (χ3v) is 7.83. The molecular weight excluding hydrogens is 426 g/mol. The van der Waals surface area contributed by atoms with Crippen LogP contribution in [0.3, 0.4) is 0 Å². The van der Waals surface area contributed by atoms with E-state index in [0.29, 0.717) is 18.0 Å². The molecule has 1 aliphatic heterocycles. The zero-order chi connectivity index (χ0) is 23.7. The lowest BCUT2D eigenvalue weighted by molar-refractivity contribution is -0.134. The molecule has 1 amide bonds. The zero-order valence-corrected chi connectivity index (χ0v) is 20.4. The molecule has 5 rings (SSSR count). The standard InChI is InChI=1S/C27H35N5O2/c1-20-24-17-28-32(27(34)26(24)21(2)31(20)18-22-9-5-3-6-10-22)19-25(33)30-15-13-29(14-16-30)23-11-7-4-8-12-23/h3,5-6,9-10,17,23H,4,7-8,11-16,18-19H2,1-2H3. The van der Waals surface area contributed by atoms with Gasteiger partial charge < -0.3 is 9.47 Å². The summed E-state index contributed by atoms with van der Waals surface area (Å²) in [5.41, 5.74) is 2.95. The fourth-order valence-corrected chi connectivity index (χ4v) is 5.77. The SMILES string of the molecule is Cc1c2cnn(CC(=O)N3CCN(C4CCCCC4)CC3)c(=O)c2c(C)n1Cc1ccccc1. The Morgan fingerprint density at radius 2 is 1.68 bits per heavy atom. The number of nitrogens with zero attached hydrogens (tertiary/aromatic N) is 5. The number of hydrogen-bond acceptors (Lipinski definition) is 4. The van der Waals surface area contributed by atoms with Crippen LogP contribution in [0.25, 0.3) is 10.8 Å². The molecule has 1 saturated heterocycles. The second kappa shape index (κ2) is 9.74. The van der Waals surface area contributed by atoms with E-state index in [0.717, 1.165) is 43.0 Å². The van der Waals surface area contributed by atoms with Gasteiger partial charge in [-0.05, 0) is 32.3 Å². The van der Waals surface area contributed by atoms with Gasteiger partial charge in [-0.3, -0.25) is 14.5 Å². The Balaban J connectivity index is 1.30. The Morgan fingerprint density at radius 3 is 2.38 bits per heavy atom. The Labute approximate surface area is 201 Å². The third kappa shape index (κ3) is 4.41. The molecule has 1 aliphatic carbocycles. The molecule has 3 aromatic rings. The van der Waals surface area contributed by atoms with Gasteiger partial charge in [-0.1, -0.05) is 49.6 Å². The number of carbonyl (C=O) groups is 1. The summed E-state index contributed by atoms with van der Waals surface area (Å²) in [6.45, 7) is 8.04. The van der Waals surface area contributed by atoms with Crippen molar-refractivity contribution in [3.8, 4) is 0 Å². The lowest BCUT2D eigenvalue weighted by Gasteiger charge is -2.40. The summed E-state index contributed by atoms with van der Waals surface area (Å²) in [6.07, 6.45) is 8.33. The summed E-state index contributed by atoms with van der Waals surface area (Å²) < 4.78 is 3.51. The van der Waals surface area contributed by atoms with Gasteiger partial charge in [-0.25, -0.2) is 4.68 Å². The van der Waals surface area contributed by atoms with Crippen molar-refractivity contribution in [2.45, 2.75) is 65.1 Å². The number of benzene rings is 1. The van der Waals surface area contributed by atoms with Crippen molar-refractivity contribution in [1.82, 2.24) is 24.1 Å². The van der Waals surface area contributed by atoms with Crippen LogP contribution in [-0.4, -0.2) is 62.3 Å². The van der Waals surface area contributed by atoms with Crippen LogP contribution in [0.15, 0.2) is 41.3 Å². The molecule has 7 heteroatoms. The van der Waals surface area contributed by atoms with E-state index in [4.69, 9.17) is 0 Å². The first-order chi connectivity index (χ1) is 16.5. The van der Waals surface area contributed by atoms with Crippen molar-refractivity contribution in [3.63, 3.8) is 0 Å². The van der Waals surface area contributed by atoms with Crippen molar-refractivity contribution < 1.29 is 4.79 Å². The number of amides is 1. The largest absolute Gasteiger partial charge is 0.343 e. The van der Waals surface area contributed by atoms with Crippen LogP contribution in [0.5, 0.6) is 0 Å². The van der Waals surface area contributed by atoms with E-state index in [9.17, 15) is 9.59 Å². The Bertz CT molecular complexity index is 1220. The Kier molecular flexibility index (Phi) is 6.55. The summed E-state index contributed by atoms with van der Waals surface area (Å²) >= 11 is 0. The average molecular weight is 462 g/mol. The Hall–Kier alpha value is -2.93. The highest BCUT2D eigenvalue weighted by Crippen LogP contribution is 2.24. The first-order valence-electron chi connectivity index (χ1n) is 12.6. The van der Waals surface area contributed by atoms with Crippen LogP contribution in [0.1, 0.15) is 49.1 Å². The van der Waals surface area contributed by atoms with E-state index < -0.39 is 0 Å². The van der Waals surface area contributed by atoms with E-state index in [1.807, 2.05) is 36.9 Å². The van der Waals surface area contributed by atoms with E-state index >= 15 is 0 Å². The van der Waals surface area contributed by atoms with Gasteiger partial charge in [-0.2, -0.15) is 5.10 Å². The quantitative estimate of drug-likeness (QED) is 0.585. The Morgan fingerprint density at radius 1 is 0.971 bits per heavy atom. The second-order valence-corrected chi connectivity index (χ2v) is 9.85. The first-order valence-corrected chi connectivity index (χ1v) is 12.6. The zero-order valence-electron chi connectivity index (χ0n) is 20.4. The van der Waals surface area contributed by atoms with Gasteiger partial charge in [0.15, 0.2) is 0 Å². The summed E-state index contributed by atoms with van der Waals surface area (Å²) in [5.74, 6) is -0.0182.